The van der Waals surface area contributed by atoms with Crippen molar-refractivity contribution in [3.8, 4) is 0 Å². The highest BCUT2D eigenvalue weighted by Gasteiger charge is 2.34. The Labute approximate surface area is 122 Å². The van der Waals surface area contributed by atoms with E-state index in [1.165, 1.54) is 0 Å². The van der Waals surface area contributed by atoms with Gasteiger partial charge in [-0.05, 0) is 43.5 Å². The summed E-state index contributed by atoms with van der Waals surface area (Å²) >= 11 is 11.9. The maximum atomic E-state index is 12.5. The van der Waals surface area contributed by atoms with Crippen molar-refractivity contribution in [3.63, 3.8) is 0 Å². The summed E-state index contributed by atoms with van der Waals surface area (Å²) in [4.78, 5) is 14.4. The van der Waals surface area contributed by atoms with E-state index in [1.54, 1.807) is 18.2 Å². The van der Waals surface area contributed by atoms with Crippen LogP contribution in [0.15, 0.2) is 18.2 Å². The Kier molecular flexibility index (Phi) is 3.70. The second-order valence-electron chi connectivity index (χ2n) is 5.28. The number of carbonyl (C=O) groups is 1. The zero-order chi connectivity index (χ0) is 13.4. The number of likely N-dealkylation sites (tertiary alicyclic amines) is 1. The fraction of sp³-hybridized carbons (Fsp3) is 0.500. The third-order valence-electron chi connectivity index (χ3n) is 4.11. The average Bonchev–Trinajstić information content (AvgIpc) is 2.88. The first kappa shape index (κ1) is 13.2. The van der Waals surface area contributed by atoms with Crippen molar-refractivity contribution in [2.24, 2.45) is 5.92 Å². The highest BCUT2D eigenvalue weighted by Crippen LogP contribution is 2.27. The molecular formula is C14H16Cl2N2O. The predicted molar refractivity (Wildman–Crippen MR) is 76.9 cm³/mol. The lowest BCUT2D eigenvalue weighted by molar-refractivity contribution is 0.0662. The van der Waals surface area contributed by atoms with Crippen LogP contribution in [0.1, 0.15) is 23.2 Å². The van der Waals surface area contributed by atoms with E-state index < -0.39 is 0 Å². The number of nitrogens with one attached hydrogen (secondary N) is 1. The van der Waals surface area contributed by atoms with Gasteiger partial charge in [0.05, 0.1) is 10.0 Å². The Hall–Kier alpha value is -0.770. The molecule has 1 N–H and O–H groups in total. The Balaban J connectivity index is 1.74. The van der Waals surface area contributed by atoms with Crippen LogP contribution >= 0.6 is 23.2 Å². The molecule has 2 aliphatic heterocycles. The second-order valence-corrected chi connectivity index (χ2v) is 6.09. The number of rotatable bonds is 1. The van der Waals surface area contributed by atoms with Crippen LogP contribution in [-0.2, 0) is 0 Å². The molecule has 2 atom stereocenters. The molecule has 1 amide bonds. The normalized spacial score (nSPS) is 26.3. The molecule has 2 unspecified atom stereocenters. The highest BCUT2D eigenvalue weighted by atomic mass is 35.5. The summed E-state index contributed by atoms with van der Waals surface area (Å²) in [6, 6.07) is 5.68. The van der Waals surface area contributed by atoms with E-state index in [-0.39, 0.29) is 5.91 Å². The molecule has 0 radical (unpaired) electrons. The predicted octanol–water partition coefficient (Wildman–Crippen LogP) is 2.82. The quantitative estimate of drug-likeness (QED) is 0.865. The summed E-state index contributed by atoms with van der Waals surface area (Å²) in [5.74, 6) is 0.657. The van der Waals surface area contributed by atoms with Crippen molar-refractivity contribution >= 4 is 29.1 Å². The summed E-state index contributed by atoms with van der Waals surface area (Å²) in [5, 5.41) is 4.42. The molecule has 102 valence electrons. The van der Waals surface area contributed by atoms with Crippen molar-refractivity contribution in [2.45, 2.75) is 18.9 Å². The third kappa shape index (κ3) is 2.60. The summed E-state index contributed by atoms with van der Waals surface area (Å²) in [5.41, 5.74) is 0.624. The number of amides is 1. The van der Waals surface area contributed by atoms with Gasteiger partial charge in [-0.2, -0.15) is 0 Å². The Morgan fingerprint density at radius 2 is 2.11 bits per heavy atom. The van der Waals surface area contributed by atoms with Crippen LogP contribution in [0.3, 0.4) is 0 Å². The minimum Gasteiger partial charge on any atom is -0.338 e. The summed E-state index contributed by atoms with van der Waals surface area (Å²) in [7, 11) is 0. The monoisotopic (exact) mass is 298 g/mol. The van der Waals surface area contributed by atoms with Crippen LogP contribution in [-0.4, -0.2) is 36.5 Å². The molecule has 0 spiro atoms. The lowest BCUT2D eigenvalue weighted by Crippen LogP contribution is -2.46. The maximum Gasteiger partial charge on any atom is 0.253 e. The zero-order valence-electron chi connectivity index (χ0n) is 10.5. The number of halogens is 2. The standard InChI is InChI=1S/C14H16Cl2N2O/c15-11-2-1-9(7-12(11)16)14(19)18-6-4-13-10(8-18)3-5-17-13/h1-2,7,10,13,17H,3-6,8H2. The highest BCUT2D eigenvalue weighted by molar-refractivity contribution is 6.42. The summed E-state index contributed by atoms with van der Waals surface area (Å²) in [6.07, 6.45) is 2.20. The van der Waals surface area contributed by atoms with Gasteiger partial charge in [-0.15, -0.1) is 0 Å². The van der Waals surface area contributed by atoms with Crippen LogP contribution in [0.2, 0.25) is 10.0 Å². The summed E-state index contributed by atoms with van der Waals surface area (Å²) < 4.78 is 0. The van der Waals surface area contributed by atoms with Crippen LogP contribution < -0.4 is 5.32 Å². The molecule has 5 heteroatoms. The van der Waals surface area contributed by atoms with Crippen molar-refractivity contribution < 1.29 is 4.79 Å². The zero-order valence-corrected chi connectivity index (χ0v) is 12.0. The lowest BCUT2D eigenvalue weighted by Gasteiger charge is -2.35. The fourth-order valence-electron chi connectivity index (χ4n) is 3.04. The van der Waals surface area contributed by atoms with Gasteiger partial charge in [0.25, 0.3) is 5.91 Å². The van der Waals surface area contributed by atoms with E-state index in [9.17, 15) is 4.79 Å². The SMILES string of the molecule is O=C(c1ccc(Cl)c(Cl)c1)N1CCC2NCCC2C1. The van der Waals surface area contributed by atoms with E-state index in [0.717, 1.165) is 32.5 Å². The van der Waals surface area contributed by atoms with E-state index >= 15 is 0 Å². The van der Waals surface area contributed by atoms with E-state index in [4.69, 9.17) is 23.2 Å². The first-order valence-electron chi connectivity index (χ1n) is 6.63. The molecule has 19 heavy (non-hydrogen) atoms. The first-order chi connectivity index (χ1) is 9.15. The van der Waals surface area contributed by atoms with E-state index in [2.05, 4.69) is 5.32 Å². The Morgan fingerprint density at radius 3 is 2.89 bits per heavy atom. The van der Waals surface area contributed by atoms with Crippen molar-refractivity contribution in [1.82, 2.24) is 10.2 Å². The van der Waals surface area contributed by atoms with Crippen LogP contribution in [0.25, 0.3) is 0 Å². The molecule has 2 saturated heterocycles. The van der Waals surface area contributed by atoms with Crippen molar-refractivity contribution in [2.75, 3.05) is 19.6 Å². The van der Waals surface area contributed by atoms with Gasteiger partial charge in [-0.3, -0.25) is 4.79 Å². The van der Waals surface area contributed by atoms with Crippen LogP contribution in [0, 0.1) is 5.92 Å². The number of carbonyl (C=O) groups excluding carboxylic acids is 1. The molecule has 0 aromatic heterocycles. The smallest absolute Gasteiger partial charge is 0.253 e. The van der Waals surface area contributed by atoms with Crippen LogP contribution in [0.4, 0.5) is 0 Å². The third-order valence-corrected chi connectivity index (χ3v) is 4.85. The molecule has 2 aliphatic rings. The van der Waals surface area contributed by atoms with Crippen molar-refractivity contribution in [1.29, 1.82) is 0 Å². The molecular weight excluding hydrogens is 283 g/mol. The molecule has 2 fully saturated rings. The fourth-order valence-corrected chi connectivity index (χ4v) is 3.34. The number of fused-ring (bicyclic) bond motifs is 1. The Morgan fingerprint density at radius 1 is 1.26 bits per heavy atom. The number of piperidine rings is 1. The van der Waals surface area contributed by atoms with Gasteiger partial charge in [0.2, 0.25) is 0 Å². The van der Waals surface area contributed by atoms with Gasteiger partial charge >= 0.3 is 0 Å². The second kappa shape index (κ2) is 5.31. The first-order valence-corrected chi connectivity index (χ1v) is 7.38. The maximum absolute atomic E-state index is 12.5. The van der Waals surface area contributed by atoms with Gasteiger partial charge in [0.15, 0.2) is 0 Å². The van der Waals surface area contributed by atoms with Crippen molar-refractivity contribution in [3.05, 3.63) is 33.8 Å². The van der Waals surface area contributed by atoms with E-state index in [1.807, 2.05) is 4.90 Å². The molecule has 1 aromatic carbocycles. The van der Waals surface area contributed by atoms with Gasteiger partial charge in [0.1, 0.15) is 0 Å². The van der Waals surface area contributed by atoms with E-state index in [0.29, 0.717) is 27.6 Å². The largest absolute Gasteiger partial charge is 0.338 e. The average molecular weight is 299 g/mol. The van der Waals surface area contributed by atoms with Gasteiger partial charge in [-0.25, -0.2) is 0 Å². The lowest BCUT2D eigenvalue weighted by atomic mass is 9.93. The molecule has 3 rings (SSSR count). The van der Waals surface area contributed by atoms with Gasteiger partial charge in [0, 0.05) is 24.7 Å². The number of benzene rings is 1. The van der Waals surface area contributed by atoms with Gasteiger partial charge in [-0.1, -0.05) is 23.2 Å². The molecule has 3 nitrogen and oxygen atoms in total. The topological polar surface area (TPSA) is 32.3 Å². The number of hydrogen-bond donors (Lipinski definition) is 1. The molecule has 0 bridgehead atoms. The van der Waals surface area contributed by atoms with Gasteiger partial charge < -0.3 is 10.2 Å². The minimum atomic E-state index is 0.0592. The number of nitrogens with zero attached hydrogens (tertiary/aromatic N) is 1. The molecule has 2 heterocycles. The molecule has 0 aliphatic carbocycles. The number of hydrogen-bond acceptors (Lipinski definition) is 2. The minimum absolute atomic E-state index is 0.0592. The molecule has 0 saturated carbocycles. The van der Waals surface area contributed by atoms with Crippen LogP contribution in [0.5, 0.6) is 0 Å². The summed E-state index contributed by atoms with van der Waals surface area (Å²) in [6.45, 7) is 2.73. The Bertz CT molecular complexity index is 506. The molecule has 1 aromatic rings.